The standard InChI is InChI=1S/C26H29ClF3N5OS/c1-4-20-11-12-21(23(27)33-20)24(36)34-25-35(14-6-13-32-17(3)31-5-2)22(16-37-25)19-9-7-18(8-10-19)15-26(28,29)30/h7-12,16,31-32H,3-6,13-15H2,1-2H3. The molecule has 198 valence electrons. The monoisotopic (exact) mass is 551 g/mol. The third-order valence-electron chi connectivity index (χ3n) is 5.44. The van der Waals surface area contributed by atoms with Gasteiger partial charge in [0.2, 0.25) is 0 Å². The molecule has 0 saturated carbocycles. The highest BCUT2D eigenvalue weighted by Gasteiger charge is 2.27. The van der Waals surface area contributed by atoms with Crippen LogP contribution >= 0.6 is 22.9 Å². The Morgan fingerprint density at radius 1 is 1.16 bits per heavy atom. The van der Waals surface area contributed by atoms with Crippen molar-refractivity contribution in [3.05, 3.63) is 81.0 Å². The maximum Gasteiger partial charge on any atom is 0.393 e. The molecule has 0 fully saturated rings. The summed E-state index contributed by atoms with van der Waals surface area (Å²) in [6.07, 6.45) is -3.88. The molecule has 0 atom stereocenters. The van der Waals surface area contributed by atoms with E-state index >= 15 is 0 Å². The Hall–Kier alpha value is -3.11. The number of nitrogens with zero attached hydrogens (tertiary/aromatic N) is 3. The molecule has 3 rings (SSSR count). The third-order valence-corrected chi connectivity index (χ3v) is 6.59. The second-order valence-corrected chi connectivity index (χ2v) is 9.44. The van der Waals surface area contributed by atoms with Crippen LogP contribution in [-0.2, 0) is 19.4 Å². The van der Waals surface area contributed by atoms with E-state index in [0.29, 0.717) is 30.7 Å². The first-order chi connectivity index (χ1) is 17.6. The molecule has 6 nitrogen and oxygen atoms in total. The Labute approximate surface area is 222 Å². The fourth-order valence-corrected chi connectivity index (χ4v) is 4.80. The van der Waals surface area contributed by atoms with Gasteiger partial charge >= 0.3 is 6.18 Å². The summed E-state index contributed by atoms with van der Waals surface area (Å²) in [4.78, 5) is 22.0. The van der Waals surface area contributed by atoms with Crippen LogP contribution in [0.25, 0.3) is 11.3 Å². The average molecular weight is 552 g/mol. The molecule has 0 aliphatic carbocycles. The SMILES string of the molecule is C=C(NCC)NCCCn1c(-c2ccc(CC(F)(F)F)cc2)csc1=NC(=O)c1ccc(CC)nc1Cl. The van der Waals surface area contributed by atoms with Crippen LogP contribution in [-0.4, -0.2) is 34.7 Å². The molecule has 2 heterocycles. The van der Waals surface area contributed by atoms with E-state index < -0.39 is 18.5 Å². The first kappa shape index (κ1) is 28.5. The van der Waals surface area contributed by atoms with Crippen molar-refractivity contribution in [2.24, 2.45) is 4.99 Å². The lowest BCUT2D eigenvalue weighted by Gasteiger charge is -2.13. The number of carbonyl (C=O) groups excluding carboxylic acids is 1. The van der Waals surface area contributed by atoms with Crippen molar-refractivity contribution in [2.75, 3.05) is 13.1 Å². The van der Waals surface area contributed by atoms with Crippen molar-refractivity contribution in [1.82, 2.24) is 20.2 Å². The van der Waals surface area contributed by atoms with Gasteiger partial charge in [0, 0.05) is 30.7 Å². The Bertz CT molecular complexity index is 1300. The normalized spacial score (nSPS) is 12.0. The molecule has 1 amide bonds. The van der Waals surface area contributed by atoms with Gasteiger partial charge in [-0.1, -0.05) is 49.4 Å². The summed E-state index contributed by atoms with van der Waals surface area (Å²) in [6.45, 7) is 9.71. The maximum absolute atomic E-state index is 13.0. The van der Waals surface area contributed by atoms with Crippen LogP contribution in [0.5, 0.6) is 0 Å². The second kappa shape index (κ2) is 12.9. The predicted octanol–water partition coefficient (Wildman–Crippen LogP) is 5.73. The summed E-state index contributed by atoms with van der Waals surface area (Å²) < 4.78 is 40.2. The van der Waals surface area contributed by atoms with E-state index in [1.54, 1.807) is 24.3 Å². The number of rotatable bonds is 11. The summed E-state index contributed by atoms with van der Waals surface area (Å²) in [5.41, 5.74) is 2.65. The van der Waals surface area contributed by atoms with Gasteiger partial charge in [-0.2, -0.15) is 18.2 Å². The number of amides is 1. The van der Waals surface area contributed by atoms with Gasteiger partial charge in [-0.15, -0.1) is 11.3 Å². The zero-order chi connectivity index (χ0) is 27.0. The van der Waals surface area contributed by atoms with Gasteiger partial charge in [0.15, 0.2) is 4.80 Å². The van der Waals surface area contributed by atoms with Crippen LogP contribution in [0.4, 0.5) is 13.2 Å². The number of pyridine rings is 1. The summed E-state index contributed by atoms with van der Waals surface area (Å²) in [5, 5.41) is 8.23. The molecule has 0 saturated heterocycles. The minimum Gasteiger partial charge on any atom is -0.373 e. The van der Waals surface area contributed by atoms with Gasteiger partial charge in [-0.05, 0) is 43.0 Å². The molecule has 3 aromatic rings. The predicted molar refractivity (Wildman–Crippen MR) is 141 cm³/mol. The topological polar surface area (TPSA) is 71.3 Å². The van der Waals surface area contributed by atoms with Crippen molar-refractivity contribution < 1.29 is 18.0 Å². The van der Waals surface area contributed by atoms with Crippen LogP contribution in [0.1, 0.15) is 41.9 Å². The second-order valence-electron chi connectivity index (χ2n) is 8.24. The van der Waals surface area contributed by atoms with Gasteiger partial charge in [0.25, 0.3) is 5.91 Å². The van der Waals surface area contributed by atoms with Crippen LogP contribution in [0, 0.1) is 0 Å². The Morgan fingerprint density at radius 3 is 2.51 bits per heavy atom. The van der Waals surface area contributed by atoms with Gasteiger partial charge in [0.1, 0.15) is 5.15 Å². The number of alkyl halides is 3. The molecule has 0 unspecified atom stereocenters. The van der Waals surface area contributed by atoms with E-state index in [1.807, 2.05) is 23.8 Å². The Kier molecular flexibility index (Phi) is 9.93. The number of nitrogens with one attached hydrogen (secondary N) is 2. The van der Waals surface area contributed by atoms with E-state index in [0.717, 1.165) is 29.3 Å². The molecule has 2 aromatic heterocycles. The van der Waals surface area contributed by atoms with Crippen LogP contribution in [0.15, 0.2) is 59.2 Å². The number of benzene rings is 1. The minimum absolute atomic E-state index is 0.0998. The van der Waals surface area contributed by atoms with E-state index in [9.17, 15) is 18.0 Å². The number of hydrogen-bond donors (Lipinski definition) is 2. The molecular weight excluding hydrogens is 523 g/mol. The fraction of sp³-hybridized carbons (Fsp3) is 0.346. The molecule has 1 aromatic carbocycles. The zero-order valence-electron chi connectivity index (χ0n) is 20.7. The molecule has 2 N–H and O–H groups in total. The maximum atomic E-state index is 13.0. The highest BCUT2D eigenvalue weighted by molar-refractivity contribution is 7.07. The molecule has 0 aliphatic heterocycles. The highest BCUT2D eigenvalue weighted by Crippen LogP contribution is 2.25. The number of thiazole rings is 1. The number of aryl methyl sites for hydroxylation is 1. The Morgan fingerprint density at radius 2 is 1.89 bits per heavy atom. The van der Waals surface area contributed by atoms with Gasteiger partial charge in [-0.3, -0.25) is 4.79 Å². The number of aromatic nitrogens is 2. The number of hydrogen-bond acceptors (Lipinski definition) is 5. The van der Waals surface area contributed by atoms with E-state index in [-0.39, 0.29) is 16.3 Å². The molecule has 0 radical (unpaired) electrons. The summed E-state index contributed by atoms with van der Waals surface area (Å²) >= 11 is 7.51. The largest absolute Gasteiger partial charge is 0.393 e. The van der Waals surface area contributed by atoms with Crippen molar-refractivity contribution in [3.63, 3.8) is 0 Å². The van der Waals surface area contributed by atoms with Crippen LogP contribution in [0.3, 0.4) is 0 Å². The van der Waals surface area contributed by atoms with E-state index in [4.69, 9.17) is 11.6 Å². The lowest BCUT2D eigenvalue weighted by molar-refractivity contribution is -0.127. The molecule has 11 heteroatoms. The highest BCUT2D eigenvalue weighted by atomic mass is 35.5. The van der Waals surface area contributed by atoms with Gasteiger partial charge in [0.05, 0.1) is 23.5 Å². The van der Waals surface area contributed by atoms with Gasteiger partial charge < -0.3 is 15.2 Å². The van der Waals surface area contributed by atoms with E-state index in [1.165, 1.54) is 23.5 Å². The van der Waals surface area contributed by atoms with Crippen molar-refractivity contribution in [1.29, 1.82) is 0 Å². The number of halogens is 4. The molecule has 0 spiro atoms. The lowest BCUT2D eigenvalue weighted by Crippen LogP contribution is -2.27. The van der Waals surface area contributed by atoms with Crippen molar-refractivity contribution >= 4 is 28.8 Å². The lowest BCUT2D eigenvalue weighted by atomic mass is 10.1. The fourth-order valence-electron chi connectivity index (χ4n) is 3.62. The first-order valence-electron chi connectivity index (χ1n) is 11.9. The van der Waals surface area contributed by atoms with Gasteiger partial charge in [-0.25, -0.2) is 4.98 Å². The molecular formula is C26H29ClF3N5OS. The summed E-state index contributed by atoms with van der Waals surface area (Å²) in [6, 6.07) is 9.61. The van der Waals surface area contributed by atoms with E-state index in [2.05, 4.69) is 27.2 Å². The third kappa shape index (κ3) is 8.19. The minimum atomic E-state index is -4.27. The molecule has 37 heavy (non-hydrogen) atoms. The first-order valence-corrected chi connectivity index (χ1v) is 13.1. The number of carbonyl (C=O) groups is 1. The zero-order valence-corrected chi connectivity index (χ0v) is 22.2. The average Bonchev–Trinajstić information content (AvgIpc) is 3.23. The summed E-state index contributed by atoms with van der Waals surface area (Å²) in [7, 11) is 0. The summed E-state index contributed by atoms with van der Waals surface area (Å²) in [5.74, 6) is 0.206. The van der Waals surface area contributed by atoms with Crippen molar-refractivity contribution in [2.45, 2.75) is 45.8 Å². The smallest absolute Gasteiger partial charge is 0.373 e. The Balaban J connectivity index is 1.92. The quantitative estimate of drug-likeness (QED) is 0.236. The molecule has 0 bridgehead atoms. The van der Waals surface area contributed by atoms with Crippen molar-refractivity contribution in [3.8, 4) is 11.3 Å². The van der Waals surface area contributed by atoms with Crippen LogP contribution in [0.2, 0.25) is 5.15 Å². The molecule has 0 aliphatic rings. The van der Waals surface area contributed by atoms with Crippen LogP contribution < -0.4 is 15.4 Å².